The Balaban J connectivity index is 1.41. The molecular formula is C18H24N6O2. The van der Waals surface area contributed by atoms with E-state index in [9.17, 15) is 4.79 Å². The summed E-state index contributed by atoms with van der Waals surface area (Å²) in [5.41, 5.74) is 0.724. The van der Waals surface area contributed by atoms with E-state index in [4.69, 9.17) is 4.74 Å². The number of H-pyrrole nitrogens is 1. The molecule has 3 heterocycles. The van der Waals surface area contributed by atoms with Crippen LogP contribution in [0.25, 0.3) is 0 Å². The van der Waals surface area contributed by atoms with Crippen molar-refractivity contribution in [1.82, 2.24) is 19.9 Å². The Bertz CT molecular complexity index is 811. The monoisotopic (exact) mass is 356 g/mol. The normalized spacial score (nSPS) is 22.3. The minimum atomic E-state index is -0.122. The van der Waals surface area contributed by atoms with Gasteiger partial charge in [-0.25, -0.2) is 15.0 Å². The van der Waals surface area contributed by atoms with Crippen molar-refractivity contribution >= 4 is 11.6 Å². The highest BCUT2D eigenvalue weighted by Crippen LogP contribution is 2.38. The van der Waals surface area contributed by atoms with Gasteiger partial charge in [0.25, 0.3) is 5.56 Å². The number of aromatic nitrogens is 4. The summed E-state index contributed by atoms with van der Waals surface area (Å²) >= 11 is 0. The highest BCUT2D eigenvalue weighted by molar-refractivity contribution is 5.61. The molecule has 26 heavy (non-hydrogen) atoms. The molecule has 0 radical (unpaired) electrons. The molecule has 2 N–H and O–H groups in total. The first-order valence-electron chi connectivity index (χ1n) is 9.14. The lowest BCUT2D eigenvalue weighted by atomic mass is 9.78. The van der Waals surface area contributed by atoms with Crippen molar-refractivity contribution in [2.45, 2.75) is 44.2 Å². The summed E-state index contributed by atoms with van der Waals surface area (Å²) in [6, 6.07) is 1.92. The van der Waals surface area contributed by atoms with E-state index in [2.05, 4.69) is 30.2 Å². The molecular weight excluding hydrogens is 332 g/mol. The number of rotatable bonds is 6. The number of nitrogens with one attached hydrogen (secondary N) is 2. The molecule has 4 rings (SSSR count). The first-order chi connectivity index (χ1) is 12.7. The van der Waals surface area contributed by atoms with Crippen LogP contribution in [0.1, 0.15) is 43.1 Å². The third kappa shape index (κ3) is 3.55. The Labute approximate surface area is 152 Å². The zero-order valence-electron chi connectivity index (χ0n) is 14.9. The third-order valence-electron chi connectivity index (χ3n) is 5.07. The summed E-state index contributed by atoms with van der Waals surface area (Å²) in [6.07, 6.45) is 7.75. The van der Waals surface area contributed by atoms with Gasteiger partial charge in [0.2, 0.25) is 0 Å². The average Bonchev–Trinajstić information content (AvgIpc) is 3.12. The Morgan fingerprint density at radius 1 is 1.27 bits per heavy atom. The zero-order valence-corrected chi connectivity index (χ0v) is 14.9. The highest BCUT2D eigenvalue weighted by atomic mass is 16.5. The van der Waals surface area contributed by atoms with E-state index >= 15 is 0 Å². The minimum absolute atomic E-state index is 0.122. The number of anilines is 2. The SMILES string of the molecule is COCc1nc(C2CC(Nc3nccnc3N3CCCC3)C2)cc(=O)[nH]1. The van der Waals surface area contributed by atoms with Crippen molar-refractivity contribution in [3.63, 3.8) is 0 Å². The van der Waals surface area contributed by atoms with E-state index < -0.39 is 0 Å². The quantitative estimate of drug-likeness (QED) is 0.812. The maximum atomic E-state index is 11.8. The minimum Gasteiger partial charge on any atom is -0.377 e. The molecule has 1 saturated carbocycles. The molecule has 2 fully saturated rings. The van der Waals surface area contributed by atoms with E-state index in [1.54, 1.807) is 25.6 Å². The van der Waals surface area contributed by atoms with Gasteiger partial charge >= 0.3 is 0 Å². The zero-order chi connectivity index (χ0) is 17.9. The summed E-state index contributed by atoms with van der Waals surface area (Å²) in [5.74, 6) is 2.68. The van der Waals surface area contributed by atoms with Crippen LogP contribution in [0.4, 0.5) is 11.6 Å². The fraction of sp³-hybridized carbons (Fsp3) is 0.556. The summed E-state index contributed by atoms with van der Waals surface area (Å²) < 4.78 is 5.07. The van der Waals surface area contributed by atoms with Crippen LogP contribution in [0.15, 0.2) is 23.3 Å². The maximum absolute atomic E-state index is 11.8. The molecule has 1 saturated heterocycles. The van der Waals surface area contributed by atoms with Crippen LogP contribution in [0.3, 0.4) is 0 Å². The second kappa shape index (κ2) is 7.41. The van der Waals surface area contributed by atoms with E-state index in [0.29, 0.717) is 18.5 Å². The summed E-state index contributed by atoms with van der Waals surface area (Å²) in [6.45, 7) is 2.40. The van der Waals surface area contributed by atoms with Crippen molar-refractivity contribution < 1.29 is 4.74 Å². The molecule has 8 heteroatoms. The fourth-order valence-electron chi connectivity index (χ4n) is 3.71. The summed E-state index contributed by atoms with van der Waals surface area (Å²) in [5, 5.41) is 3.52. The average molecular weight is 356 g/mol. The second-order valence-electron chi connectivity index (χ2n) is 6.98. The van der Waals surface area contributed by atoms with Gasteiger partial charge in [0.15, 0.2) is 11.6 Å². The van der Waals surface area contributed by atoms with Gasteiger partial charge < -0.3 is 19.9 Å². The van der Waals surface area contributed by atoms with Crippen molar-refractivity contribution in [2.75, 3.05) is 30.4 Å². The molecule has 138 valence electrons. The molecule has 1 aliphatic carbocycles. The highest BCUT2D eigenvalue weighted by Gasteiger charge is 2.33. The van der Waals surface area contributed by atoms with E-state index in [0.717, 1.165) is 43.3 Å². The van der Waals surface area contributed by atoms with Gasteiger partial charge in [-0.3, -0.25) is 4.79 Å². The number of methoxy groups -OCH3 is 1. The Kier molecular flexibility index (Phi) is 4.83. The molecule has 0 atom stereocenters. The molecule has 2 aromatic rings. The topological polar surface area (TPSA) is 96.0 Å². The lowest BCUT2D eigenvalue weighted by Crippen LogP contribution is -2.36. The van der Waals surface area contributed by atoms with Crippen molar-refractivity contribution in [3.05, 3.63) is 40.3 Å². The van der Waals surface area contributed by atoms with Gasteiger partial charge in [0.05, 0.1) is 5.69 Å². The van der Waals surface area contributed by atoms with E-state index in [1.807, 2.05) is 0 Å². The number of hydrogen-bond donors (Lipinski definition) is 2. The van der Waals surface area contributed by atoms with Crippen LogP contribution in [-0.4, -0.2) is 46.2 Å². The van der Waals surface area contributed by atoms with Crippen LogP contribution in [0, 0.1) is 0 Å². The predicted octanol–water partition coefficient (Wildman–Crippen LogP) is 1.66. The van der Waals surface area contributed by atoms with Gasteiger partial charge in [-0.05, 0) is 25.7 Å². The molecule has 1 aliphatic heterocycles. The number of nitrogens with zero attached hydrogens (tertiary/aromatic N) is 4. The number of hydrogen-bond acceptors (Lipinski definition) is 7. The first-order valence-corrected chi connectivity index (χ1v) is 9.14. The fourth-order valence-corrected chi connectivity index (χ4v) is 3.71. The van der Waals surface area contributed by atoms with Gasteiger partial charge in [-0.15, -0.1) is 0 Å². The smallest absolute Gasteiger partial charge is 0.251 e. The maximum Gasteiger partial charge on any atom is 0.251 e. The summed E-state index contributed by atoms with van der Waals surface area (Å²) in [4.78, 5) is 30.3. The molecule has 2 aliphatic rings. The predicted molar refractivity (Wildman–Crippen MR) is 98.4 cm³/mol. The lowest BCUT2D eigenvalue weighted by molar-refractivity contribution is 0.177. The van der Waals surface area contributed by atoms with Crippen molar-refractivity contribution in [2.24, 2.45) is 0 Å². The molecule has 0 spiro atoms. The van der Waals surface area contributed by atoms with Gasteiger partial charge in [-0.2, -0.15) is 0 Å². The Hall–Kier alpha value is -2.48. The second-order valence-corrected chi connectivity index (χ2v) is 6.98. The van der Waals surface area contributed by atoms with Gasteiger partial charge in [0.1, 0.15) is 12.4 Å². The molecule has 0 aromatic carbocycles. The van der Waals surface area contributed by atoms with Crippen LogP contribution in [0.2, 0.25) is 0 Å². The van der Waals surface area contributed by atoms with Gasteiger partial charge in [-0.1, -0.05) is 0 Å². The van der Waals surface area contributed by atoms with Crippen LogP contribution < -0.4 is 15.8 Å². The van der Waals surface area contributed by atoms with E-state index in [1.165, 1.54) is 12.8 Å². The molecule has 0 unspecified atom stereocenters. The summed E-state index contributed by atoms with van der Waals surface area (Å²) in [7, 11) is 1.59. The largest absolute Gasteiger partial charge is 0.377 e. The van der Waals surface area contributed by atoms with Crippen LogP contribution >= 0.6 is 0 Å². The van der Waals surface area contributed by atoms with Crippen molar-refractivity contribution in [1.29, 1.82) is 0 Å². The lowest BCUT2D eigenvalue weighted by Gasteiger charge is -2.36. The van der Waals surface area contributed by atoms with Crippen molar-refractivity contribution in [3.8, 4) is 0 Å². The standard InChI is InChI=1S/C18H24N6O2/c1-26-11-15-22-14(10-16(25)23-15)12-8-13(9-12)21-17-18(20-5-4-19-17)24-6-2-3-7-24/h4-5,10,12-13H,2-3,6-9,11H2,1H3,(H,19,21)(H,22,23,25). The Morgan fingerprint density at radius 3 is 2.81 bits per heavy atom. The first kappa shape index (κ1) is 17.0. The molecule has 8 nitrogen and oxygen atoms in total. The number of aromatic amines is 1. The third-order valence-corrected chi connectivity index (χ3v) is 5.07. The Morgan fingerprint density at radius 2 is 2.04 bits per heavy atom. The molecule has 0 amide bonds. The van der Waals surface area contributed by atoms with Crippen LogP contribution in [-0.2, 0) is 11.3 Å². The van der Waals surface area contributed by atoms with Gasteiger partial charge in [0, 0.05) is 50.6 Å². The number of ether oxygens (including phenoxy) is 1. The molecule has 0 bridgehead atoms. The molecule has 2 aromatic heterocycles. The van der Waals surface area contributed by atoms with E-state index in [-0.39, 0.29) is 11.5 Å². The van der Waals surface area contributed by atoms with Crippen LogP contribution in [0.5, 0.6) is 0 Å².